The molecule has 0 aromatic carbocycles. The van der Waals surface area contributed by atoms with Crippen LogP contribution in [0.5, 0.6) is 0 Å². The normalized spacial score (nSPS) is 30.7. The monoisotopic (exact) mass is 920 g/mol. The number of rotatable bonds is 18. The Balaban J connectivity index is 0.000000201. The number of nitrogens with zero attached hydrogens (tertiary/aromatic N) is 8. The molecular weight excluding hydrogens is 866 g/mol. The Morgan fingerprint density at radius 2 is 1.07 bits per heavy atom. The molecule has 4 aromatic heterocycles. The number of imidazole rings is 2. The van der Waals surface area contributed by atoms with Gasteiger partial charge >= 0.3 is 37.7 Å². The van der Waals surface area contributed by atoms with Gasteiger partial charge in [0.05, 0.1) is 25.9 Å². The van der Waals surface area contributed by atoms with Crippen LogP contribution in [-0.4, -0.2) is 153 Å². The van der Waals surface area contributed by atoms with E-state index in [1.54, 1.807) is 21.8 Å². The molecule has 0 saturated carbocycles. The molecule has 8 heterocycles. The van der Waals surface area contributed by atoms with Crippen molar-refractivity contribution in [2.24, 2.45) is 0 Å². The number of hydrogen-bond donors (Lipinski definition) is 2. The Kier molecular flexibility index (Phi) is 17.7. The van der Waals surface area contributed by atoms with Gasteiger partial charge in [0, 0.05) is 26.3 Å². The van der Waals surface area contributed by atoms with E-state index in [4.69, 9.17) is 37.0 Å². The Morgan fingerprint density at radius 3 is 1.46 bits per heavy atom. The zero-order valence-electron chi connectivity index (χ0n) is 34.9. The van der Waals surface area contributed by atoms with Crippen molar-refractivity contribution in [3.8, 4) is 0 Å². The van der Waals surface area contributed by atoms with Crippen molar-refractivity contribution in [3.63, 3.8) is 0 Å². The summed E-state index contributed by atoms with van der Waals surface area (Å²) in [6, 6.07) is 0. The van der Waals surface area contributed by atoms with Gasteiger partial charge in [-0.2, -0.15) is 0 Å². The number of phosphoric ester groups is 2. The summed E-state index contributed by atoms with van der Waals surface area (Å²) >= 11 is 0. The first-order chi connectivity index (χ1) is 29.1. The van der Waals surface area contributed by atoms with Crippen LogP contribution in [0.2, 0.25) is 0 Å². The maximum absolute atomic E-state index is 11.9. The van der Waals surface area contributed by atoms with Crippen molar-refractivity contribution in [1.82, 2.24) is 39.0 Å². The number of nitrogens with one attached hydrogen (secondary N) is 2. The van der Waals surface area contributed by atoms with E-state index < -0.39 is 64.7 Å². The molecule has 0 bridgehead atoms. The third-order valence-corrected chi connectivity index (χ3v) is 12.3. The van der Waals surface area contributed by atoms with E-state index >= 15 is 0 Å². The Bertz CT molecular complexity index is 1970. The van der Waals surface area contributed by atoms with Crippen LogP contribution in [-0.2, 0) is 46.2 Å². The SMILES string of the molecule is CCCCNc1ncnc2c1ncn2C1OC2COP(=O)([O-])OC2C1OCCCC.CCCCNc1ncnc2c1ncn2C1OC2COP(=O)([O-])OC2C1OCCCC.[Ca+2]. The standard InChI is InChI=1S/2C18H28N5O6P.Ca/c2*1-3-5-7-19-16-13-17(21-10-20-16)23(11-22-13)18-15(26-8-6-4-2)14-12(28-18)9-27-30(24,25)29-14;/h2*10-12,14-15,18H,3-9H2,1-2H3,(H,24,25)(H,19,20,21);/q;;+2/p-2. The Hall–Kier alpha value is -1.98. The van der Waals surface area contributed by atoms with Crippen LogP contribution in [0, 0.1) is 0 Å². The number of unbranched alkanes of at least 4 members (excludes halogenated alkanes) is 4. The zero-order valence-corrected chi connectivity index (χ0v) is 38.9. The van der Waals surface area contributed by atoms with E-state index in [9.17, 15) is 18.9 Å². The fourth-order valence-corrected chi connectivity index (χ4v) is 9.15. The minimum Gasteiger partial charge on any atom is -0.756 e. The summed E-state index contributed by atoms with van der Waals surface area (Å²) in [5, 5.41) is 6.57. The average molecular weight is 921 g/mol. The summed E-state index contributed by atoms with van der Waals surface area (Å²) in [5.41, 5.74) is 2.38. The quantitative estimate of drug-likeness (QED) is 0.0820. The molecule has 61 heavy (non-hydrogen) atoms. The van der Waals surface area contributed by atoms with Gasteiger partial charge in [0.2, 0.25) is 0 Å². The average Bonchev–Trinajstić information content (AvgIpc) is 4.02. The molecule has 4 aliphatic heterocycles. The number of ether oxygens (including phenoxy) is 4. The summed E-state index contributed by atoms with van der Waals surface area (Å²) in [4.78, 5) is 50.0. The van der Waals surface area contributed by atoms with Gasteiger partial charge in [0.15, 0.2) is 46.4 Å². The third-order valence-electron chi connectivity index (χ3n) is 10.4. The van der Waals surface area contributed by atoms with Gasteiger partial charge in [-0.25, -0.2) is 29.9 Å². The topological polar surface area (TPSA) is 265 Å². The summed E-state index contributed by atoms with van der Waals surface area (Å²) < 4.78 is 71.6. The number of anilines is 2. The van der Waals surface area contributed by atoms with Crippen LogP contribution < -0.4 is 20.4 Å². The molecule has 0 amide bonds. The van der Waals surface area contributed by atoms with E-state index in [1.165, 1.54) is 12.7 Å². The smallest absolute Gasteiger partial charge is 0.756 e. The second-order valence-corrected chi connectivity index (χ2v) is 17.5. The minimum atomic E-state index is -4.38. The van der Waals surface area contributed by atoms with Gasteiger partial charge < -0.3 is 57.5 Å². The van der Waals surface area contributed by atoms with E-state index in [1.807, 2.05) is 0 Å². The van der Waals surface area contributed by atoms with Crippen LogP contribution >= 0.6 is 15.6 Å². The molecule has 10 atom stereocenters. The van der Waals surface area contributed by atoms with Crippen LogP contribution in [0.4, 0.5) is 11.6 Å². The first-order valence-corrected chi connectivity index (χ1v) is 23.6. The molecule has 4 aliphatic rings. The van der Waals surface area contributed by atoms with Crippen LogP contribution in [0.15, 0.2) is 25.3 Å². The van der Waals surface area contributed by atoms with Gasteiger partial charge in [-0.05, 0) is 25.7 Å². The second-order valence-electron chi connectivity index (χ2n) is 14.8. The molecule has 22 nitrogen and oxygen atoms in total. The molecule has 4 fully saturated rings. The molecule has 0 radical (unpaired) electrons. The van der Waals surface area contributed by atoms with E-state index in [-0.39, 0.29) is 51.0 Å². The van der Waals surface area contributed by atoms with E-state index in [0.29, 0.717) is 47.2 Å². The molecule has 8 rings (SSSR count). The van der Waals surface area contributed by atoms with E-state index in [0.717, 1.165) is 64.5 Å². The first-order valence-electron chi connectivity index (χ1n) is 20.7. The molecule has 2 N–H and O–H groups in total. The third kappa shape index (κ3) is 11.5. The van der Waals surface area contributed by atoms with Crippen LogP contribution in [0.3, 0.4) is 0 Å². The predicted molar refractivity (Wildman–Crippen MR) is 217 cm³/mol. The maximum Gasteiger partial charge on any atom is 2.00 e. The van der Waals surface area contributed by atoms with Crippen LogP contribution in [0.1, 0.15) is 91.5 Å². The first kappa shape index (κ1) is 48.5. The zero-order chi connectivity index (χ0) is 42.3. The fraction of sp³-hybridized carbons (Fsp3) is 0.722. The van der Waals surface area contributed by atoms with Crippen molar-refractivity contribution in [1.29, 1.82) is 0 Å². The van der Waals surface area contributed by atoms with Crippen molar-refractivity contribution >= 4 is 87.3 Å². The van der Waals surface area contributed by atoms with Gasteiger partial charge in [-0.1, -0.05) is 53.4 Å². The van der Waals surface area contributed by atoms with Crippen molar-refractivity contribution in [2.75, 3.05) is 50.2 Å². The molecule has 10 unspecified atom stereocenters. The number of aromatic nitrogens is 8. The van der Waals surface area contributed by atoms with Crippen molar-refractivity contribution < 1.29 is 56.0 Å². The molecular formula is C36H54CaN10O12P2. The summed E-state index contributed by atoms with van der Waals surface area (Å²) in [7, 11) is -8.76. The minimum absolute atomic E-state index is 0. The van der Waals surface area contributed by atoms with Crippen molar-refractivity contribution in [3.05, 3.63) is 25.3 Å². The van der Waals surface area contributed by atoms with E-state index in [2.05, 4.69) is 68.2 Å². The summed E-state index contributed by atoms with van der Waals surface area (Å²) in [6.07, 6.45) is 8.59. The largest absolute Gasteiger partial charge is 2.00 e. The second kappa shape index (κ2) is 22.3. The Morgan fingerprint density at radius 1 is 0.656 bits per heavy atom. The van der Waals surface area contributed by atoms with Gasteiger partial charge in [-0.15, -0.1) is 0 Å². The summed E-state index contributed by atoms with van der Waals surface area (Å²) in [5.74, 6) is 1.30. The molecule has 332 valence electrons. The maximum atomic E-state index is 11.9. The number of phosphoric acid groups is 2. The fourth-order valence-electron chi connectivity index (χ4n) is 7.26. The molecule has 4 aromatic rings. The number of hydrogen-bond acceptors (Lipinski definition) is 20. The van der Waals surface area contributed by atoms with Crippen molar-refractivity contribution in [2.45, 2.75) is 128 Å². The molecule has 4 saturated heterocycles. The molecule has 0 aliphatic carbocycles. The van der Waals surface area contributed by atoms with Gasteiger partial charge in [0.1, 0.15) is 49.3 Å². The van der Waals surface area contributed by atoms with Crippen LogP contribution in [0.25, 0.3) is 22.3 Å². The number of fused-ring (bicyclic) bond motifs is 4. The molecule has 25 heteroatoms. The Labute approximate surface area is 383 Å². The molecule has 0 spiro atoms. The van der Waals surface area contributed by atoms with Gasteiger partial charge in [-0.3, -0.25) is 18.3 Å². The summed E-state index contributed by atoms with van der Waals surface area (Å²) in [6.45, 7) is 10.6. The van der Waals surface area contributed by atoms with Gasteiger partial charge in [0.25, 0.3) is 15.6 Å². The predicted octanol–water partition coefficient (Wildman–Crippen LogP) is 3.63.